The van der Waals surface area contributed by atoms with Crippen LogP contribution >= 0.6 is 0 Å². The molecule has 5 heteroatoms. The van der Waals surface area contributed by atoms with Crippen LogP contribution in [0.15, 0.2) is 18.2 Å². The van der Waals surface area contributed by atoms with Crippen molar-refractivity contribution in [1.82, 2.24) is 0 Å². The summed E-state index contributed by atoms with van der Waals surface area (Å²) in [7, 11) is 0. The van der Waals surface area contributed by atoms with E-state index in [0.29, 0.717) is 12.8 Å². The van der Waals surface area contributed by atoms with Crippen molar-refractivity contribution in [2.45, 2.75) is 63.9 Å². The lowest BCUT2D eigenvalue weighted by Crippen LogP contribution is -2.13. The average Bonchev–Trinajstić information content (AvgIpc) is 2.57. The molecule has 0 radical (unpaired) electrons. The monoisotopic (exact) mass is 333 g/mol. The predicted molar refractivity (Wildman–Crippen MR) is 92.8 cm³/mol. The number of anilines is 1. The molecule has 0 aromatic heterocycles. The Morgan fingerprint density at radius 2 is 1.88 bits per heavy atom. The molecule has 0 fully saturated rings. The van der Waals surface area contributed by atoms with Crippen LogP contribution in [-0.4, -0.2) is 28.5 Å². The number of unbranched alkanes of at least 4 members (excludes halogenated alkanes) is 3. The highest BCUT2D eigenvalue weighted by Crippen LogP contribution is 2.31. The van der Waals surface area contributed by atoms with Crippen molar-refractivity contribution < 1.29 is 19.8 Å². The number of carbonyl (C=O) groups excluding carboxylic acids is 2. The maximum absolute atomic E-state index is 12.0. The number of hydrogen-bond donors (Lipinski definition) is 3. The molecular weight excluding hydrogens is 306 g/mol. The second-order valence-corrected chi connectivity index (χ2v) is 6.48. The Morgan fingerprint density at radius 3 is 2.62 bits per heavy atom. The molecule has 1 aromatic rings. The summed E-state index contributed by atoms with van der Waals surface area (Å²) in [5, 5.41) is 21.5. The van der Waals surface area contributed by atoms with E-state index >= 15 is 0 Å². The molecule has 1 aliphatic rings. The minimum Gasteiger partial charge on any atom is -0.389 e. The SMILES string of the molecule is O=C(CO)CCCCCCC(=O)Nc1ccc2c(c1)CCCC2O. The number of fused-ring (bicyclic) bond motifs is 1. The maximum atomic E-state index is 12.0. The summed E-state index contributed by atoms with van der Waals surface area (Å²) in [6.07, 6.45) is 6.61. The number of ketones is 1. The number of amides is 1. The normalized spacial score (nSPS) is 16.5. The lowest BCUT2D eigenvalue weighted by Gasteiger charge is -2.22. The van der Waals surface area contributed by atoms with Crippen molar-refractivity contribution in [3.05, 3.63) is 29.3 Å². The topological polar surface area (TPSA) is 86.6 Å². The van der Waals surface area contributed by atoms with Gasteiger partial charge in [0.05, 0.1) is 6.10 Å². The third-order valence-corrected chi connectivity index (χ3v) is 4.50. The number of aliphatic hydroxyl groups is 2. The Labute approximate surface area is 143 Å². The van der Waals surface area contributed by atoms with E-state index in [1.165, 1.54) is 0 Å². The van der Waals surface area contributed by atoms with Gasteiger partial charge in [-0.1, -0.05) is 18.9 Å². The highest BCUT2D eigenvalue weighted by Gasteiger charge is 2.18. The molecule has 3 N–H and O–H groups in total. The third kappa shape index (κ3) is 5.73. The zero-order chi connectivity index (χ0) is 17.4. The van der Waals surface area contributed by atoms with Crippen molar-refractivity contribution in [2.24, 2.45) is 0 Å². The summed E-state index contributed by atoms with van der Waals surface area (Å²) in [6.45, 7) is -0.375. The summed E-state index contributed by atoms with van der Waals surface area (Å²) >= 11 is 0. The quantitative estimate of drug-likeness (QED) is 0.607. The van der Waals surface area contributed by atoms with Gasteiger partial charge in [-0.25, -0.2) is 0 Å². The molecule has 1 unspecified atom stereocenters. The molecule has 5 nitrogen and oxygen atoms in total. The fraction of sp³-hybridized carbons (Fsp3) is 0.579. The lowest BCUT2D eigenvalue weighted by molar-refractivity contribution is -0.122. The number of aliphatic hydroxyl groups excluding tert-OH is 2. The van der Waals surface area contributed by atoms with Crippen LogP contribution < -0.4 is 5.32 Å². The Hall–Kier alpha value is -1.72. The molecule has 2 rings (SSSR count). The second-order valence-electron chi connectivity index (χ2n) is 6.48. The van der Waals surface area contributed by atoms with E-state index in [0.717, 1.165) is 61.8 Å². The van der Waals surface area contributed by atoms with Crippen LogP contribution in [0.25, 0.3) is 0 Å². The van der Waals surface area contributed by atoms with E-state index in [4.69, 9.17) is 5.11 Å². The highest BCUT2D eigenvalue weighted by molar-refractivity contribution is 5.90. The molecule has 1 aliphatic carbocycles. The first-order valence-electron chi connectivity index (χ1n) is 8.83. The number of aryl methyl sites for hydroxylation is 1. The lowest BCUT2D eigenvalue weighted by atomic mass is 9.89. The Morgan fingerprint density at radius 1 is 1.12 bits per heavy atom. The first kappa shape index (κ1) is 18.6. The van der Waals surface area contributed by atoms with E-state index in [-0.39, 0.29) is 24.4 Å². The fourth-order valence-electron chi connectivity index (χ4n) is 3.13. The second kappa shape index (κ2) is 9.55. The van der Waals surface area contributed by atoms with Gasteiger partial charge in [0.2, 0.25) is 5.91 Å². The van der Waals surface area contributed by atoms with Gasteiger partial charge in [-0.2, -0.15) is 0 Å². The number of benzene rings is 1. The van der Waals surface area contributed by atoms with E-state index in [1.54, 1.807) is 0 Å². The summed E-state index contributed by atoms with van der Waals surface area (Å²) in [4.78, 5) is 22.9. The molecule has 0 saturated heterocycles. The van der Waals surface area contributed by atoms with Crippen LogP contribution in [0.4, 0.5) is 5.69 Å². The van der Waals surface area contributed by atoms with Crippen LogP contribution in [0.1, 0.15) is 68.6 Å². The fourth-order valence-corrected chi connectivity index (χ4v) is 3.13. The number of nitrogens with one attached hydrogen (secondary N) is 1. The van der Waals surface area contributed by atoms with Crippen molar-refractivity contribution in [2.75, 3.05) is 11.9 Å². The van der Waals surface area contributed by atoms with Crippen LogP contribution in [0.2, 0.25) is 0 Å². The molecule has 0 spiro atoms. The summed E-state index contributed by atoms with van der Waals surface area (Å²) in [5.74, 6) is -0.122. The van der Waals surface area contributed by atoms with E-state index in [2.05, 4.69) is 5.32 Å². The van der Waals surface area contributed by atoms with E-state index in [9.17, 15) is 14.7 Å². The first-order valence-corrected chi connectivity index (χ1v) is 8.83. The van der Waals surface area contributed by atoms with Crippen LogP contribution in [0.5, 0.6) is 0 Å². The molecule has 132 valence electrons. The zero-order valence-corrected chi connectivity index (χ0v) is 14.1. The van der Waals surface area contributed by atoms with Gasteiger partial charge in [-0.3, -0.25) is 9.59 Å². The molecule has 0 aliphatic heterocycles. The molecule has 1 atom stereocenters. The third-order valence-electron chi connectivity index (χ3n) is 4.50. The molecule has 1 amide bonds. The molecular formula is C19H27NO4. The van der Waals surface area contributed by atoms with Gasteiger partial charge in [0.1, 0.15) is 6.61 Å². The van der Waals surface area contributed by atoms with Crippen molar-refractivity contribution >= 4 is 17.4 Å². The Balaban J connectivity index is 1.68. The highest BCUT2D eigenvalue weighted by atomic mass is 16.3. The minimum absolute atomic E-state index is 0.00209. The first-order chi connectivity index (χ1) is 11.6. The standard InChI is InChI=1S/C19H27NO4/c21-13-16(22)7-3-1-2-4-9-19(24)20-15-10-11-17-14(12-15)6-5-8-18(17)23/h10-12,18,21,23H,1-9,13H2,(H,20,24). The van der Waals surface area contributed by atoms with Gasteiger partial charge in [-0.05, 0) is 55.4 Å². The van der Waals surface area contributed by atoms with Crippen LogP contribution in [0, 0.1) is 0 Å². The van der Waals surface area contributed by atoms with E-state index < -0.39 is 0 Å². The van der Waals surface area contributed by atoms with Crippen molar-refractivity contribution in [3.63, 3.8) is 0 Å². The van der Waals surface area contributed by atoms with Gasteiger partial charge in [0, 0.05) is 18.5 Å². The van der Waals surface area contributed by atoms with Crippen molar-refractivity contribution in [3.8, 4) is 0 Å². The summed E-state index contributed by atoms with van der Waals surface area (Å²) < 4.78 is 0. The number of rotatable bonds is 9. The van der Waals surface area contributed by atoms with Gasteiger partial charge in [0.15, 0.2) is 5.78 Å². The largest absolute Gasteiger partial charge is 0.389 e. The smallest absolute Gasteiger partial charge is 0.224 e. The molecule has 0 bridgehead atoms. The maximum Gasteiger partial charge on any atom is 0.224 e. The molecule has 24 heavy (non-hydrogen) atoms. The Bertz CT molecular complexity index is 570. The summed E-state index contributed by atoms with van der Waals surface area (Å²) in [6, 6.07) is 5.73. The molecule has 1 aromatic carbocycles. The minimum atomic E-state index is -0.379. The van der Waals surface area contributed by atoms with E-state index in [1.807, 2.05) is 18.2 Å². The van der Waals surface area contributed by atoms with Crippen LogP contribution in [0.3, 0.4) is 0 Å². The Kier molecular flexibility index (Phi) is 7.40. The zero-order valence-electron chi connectivity index (χ0n) is 14.1. The number of hydrogen-bond acceptors (Lipinski definition) is 4. The van der Waals surface area contributed by atoms with Gasteiger partial charge in [-0.15, -0.1) is 0 Å². The van der Waals surface area contributed by atoms with Gasteiger partial charge >= 0.3 is 0 Å². The number of Topliss-reactive ketones (excluding diaryl/α,β-unsaturated/α-hetero) is 1. The van der Waals surface area contributed by atoms with Crippen LogP contribution in [-0.2, 0) is 16.0 Å². The van der Waals surface area contributed by atoms with Gasteiger partial charge in [0.25, 0.3) is 0 Å². The van der Waals surface area contributed by atoms with Gasteiger partial charge < -0.3 is 15.5 Å². The summed E-state index contributed by atoms with van der Waals surface area (Å²) in [5.41, 5.74) is 2.90. The average molecular weight is 333 g/mol. The molecule has 0 heterocycles. The molecule has 0 saturated carbocycles. The number of carbonyl (C=O) groups is 2. The van der Waals surface area contributed by atoms with Crippen molar-refractivity contribution in [1.29, 1.82) is 0 Å². The predicted octanol–water partition coefficient (Wildman–Crippen LogP) is 2.90.